The van der Waals surface area contributed by atoms with Gasteiger partial charge in [-0.25, -0.2) is 55.8 Å². The first-order chi connectivity index (χ1) is 59.7. The van der Waals surface area contributed by atoms with Crippen LogP contribution in [0.25, 0.3) is 178 Å². The first kappa shape index (κ1) is 82.2. The number of pyridine rings is 8. The van der Waals surface area contributed by atoms with Crippen molar-refractivity contribution in [2.75, 3.05) is 0 Å². The predicted molar refractivity (Wildman–Crippen MR) is 489 cm³/mol. The van der Waals surface area contributed by atoms with Crippen molar-refractivity contribution in [3.8, 4) is 89.5 Å². The van der Waals surface area contributed by atoms with E-state index in [2.05, 4.69) is 235 Å². The summed E-state index contributed by atoms with van der Waals surface area (Å²) < 4.78 is 87.7. The molecule has 16 heteroatoms. The number of rotatable bonds is 12. The second-order valence-corrected chi connectivity index (χ2v) is 33.6. The van der Waals surface area contributed by atoms with Gasteiger partial charge in [0.2, 0.25) is 45.6 Å². The van der Waals surface area contributed by atoms with E-state index in [1.165, 1.54) is 42.5 Å². The predicted octanol–water partition coefficient (Wildman–Crippen LogP) is 26.8. The van der Waals surface area contributed by atoms with Crippen molar-refractivity contribution >= 4 is 88.3 Å². The van der Waals surface area contributed by atoms with Crippen molar-refractivity contribution in [1.82, 2.24) is 19.9 Å². The molecule has 8 aromatic carbocycles. The van der Waals surface area contributed by atoms with Gasteiger partial charge < -0.3 is 17.7 Å². The maximum Gasteiger partial charge on any atom is 0.227 e. The molecule has 0 N–H and O–H groups in total. The second-order valence-electron chi connectivity index (χ2n) is 33.6. The molecule has 0 atom stereocenters. The fourth-order valence-corrected chi connectivity index (χ4v) is 16.7. The van der Waals surface area contributed by atoms with Crippen LogP contribution in [0, 0.1) is 51.0 Å². The zero-order valence-electron chi connectivity index (χ0n) is 72.4. The third-order valence-electron chi connectivity index (χ3n) is 23.6. The van der Waals surface area contributed by atoms with Gasteiger partial charge in [0.15, 0.2) is 47.1 Å². The van der Waals surface area contributed by atoms with Crippen molar-refractivity contribution in [2.45, 2.75) is 107 Å². The van der Waals surface area contributed by atoms with Gasteiger partial charge in [0.25, 0.3) is 0 Å². The van der Waals surface area contributed by atoms with Crippen LogP contribution in [0.15, 0.2) is 285 Å². The molecular weight excluding hydrogens is 1550 g/mol. The Morgan fingerprint density at radius 3 is 0.968 bits per heavy atom. The summed E-state index contributed by atoms with van der Waals surface area (Å²) in [5.41, 5.74) is 30.8. The smallest absolute Gasteiger partial charge is 0.227 e. The summed E-state index contributed by atoms with van der Waals surface area (Å²) in [5, 5.41) is 8.35. The molecule has 0 saturated heterocycles. The molecule has 616 valence electrons. The minimum absolute atomic E-state index is 0.230. The molecule has 0 aliphatic rings. The van der Waals surface area contributed by atoms with Gasteiger partial charge in [0.1, 0.15) is 51.5 Å². The van der Waals surface area contributed by atoms with Gasteiger partial charge in [-0.05, 0) is 217 Å². The lowest BCUT2D eigenvalue weighted by molar-refractivity contribution is -0.660. The Morgan fingerprint density at radius 1 is 0.258 bits per heavy atom. The number of hydrogen-bond donors (Lipinski definition) is 0. The largest absolute Gasteiger partial charge is 0.437 e. The van der Waals surface area contributed by atoms with Crippen molar-refractivity contribution in [3.63, 3.8) is 0 Å². The number of nitrogens with zero attached hydrogens (tertiary/aromatic N) is 8. The second kappa shape index (κ2) is 33.7. The molecule has 0 saturated carbocycles. The Bertz CT molecular complexity index is 7530. The van der Waals surface area contributed by atoms with Crippen molar-refractivity contribution in [2.24, 2.45) is 28.2 Å². The van der Waals surface area contributed by atoms with E-state index in [-0.39, 0.29) is 23.3 Å². The highest BCUT2D eigenvalue weighted by molar-refractivity contribution is 6.12. The number of aromatic nitrogens is 8. The van der Waals surface area contributed by atoms with E-state index >= 15 is 0 Å². The van der Waals surface area contributed by atoms with Crippen LogP contribution < -0.4 is 18.3 Å². The lowest BCUT2D eigenvalue weighted by Crippen LogP contribution is -2.31. The van der Waals surface area contributed by atoms with E-state index in [0.717, 1.165) is 200 Å². The first-order valence-corrected chi connectivity index (χ1v) is 42.0. The summed E-state index contributed by atoms with van der Waals surface area (Å²) in [6, 6.07) is 76.7. The number of fused-ring (bicyclic) bond motifs is 12. The van der Waals surface area contributed by atoms with Gasteiger partial charge in [-0.1, -0.05) is 152 Å². The van der Waals surface area contributed by atoms with E-state index in [9.17, 15) is 17.6 Å². The Balaban J connectivity index is 0.000000117. The first-order valence-electron chi connectivity index (χ1n) is 42.0. The van der Waals surface area contributed by atoms with E-state index in [0.29, 0.717) is 46.5 Å². The zero-order chi connectivity index (χ0) is 86.8. The Morgan fingerprint density at radius 2 is 0.589 bits per heavy atom. The molecule has 12 nitrogen and oxygen atoms in total. The average molecular weight is 1650 g/mol. The summed E-state index contributed by atoms with van der Waals surface area (Å²) in [5.74, 6) is 0.406. The minimum atomic E-state index is -0.242. The molecule has 20 rings (SSSR count). The molecule has 0 unspecified atom stereocenters. The van der Waals surface area contributed by atoms with Crippen molar-refractivity contribution in [1.29, 1.82) is 0 Å². The molecular formula is C108H96F4N8O4+4. The Kier molecular flexibility index (Phi) is 22.3. The molecule has 0 fully saturated rings. The molecule has 20 aromatic rings. The van der Waals surface area contributed by atoms with Gasteiger partial charge in [-0.2, -0.15) is 0 Å². The van der Waals surface area contributed by atoms with Gasteiger partial charge >= 0.3 is 0 Å². The number of hydrogen-bond acceptors (Lipinski definition) is 8. The molecule has 0 bridgehead atoms. The molecule has 0 amide bonds. The molecule has 0 aliphatic carbocycles. The maximum absolute atomic E-state index is 13.7. The molecule has 0 aliphatic heterocycles. The summed E-state index contributed by atoms with van der Waals surface area (Å²) in [6.45, 7) is 25.4. The highest BCUT2D eigenvalue weighted by Crippen LogP contribution is 2.44. The fourth-order valence-electron chi connectivity index (χ4n) is 16.7. The molecule has 0 spiro atoms. The van der Waals surface area contributed by atoms with Gasteiger partial charge in [-0.15, -0.1) is 0 Å². The van der Waals surface area contributed by atoms with Gasteiger partial charge in [0, 0.05) is 107 Å². The standard InChI is InChI=1S/4C27H24FN2O/c1-16(2)23-13-12-22-21-11-5-17(3)25(26(21)31-27(22)29-23)24-14-8-19(15-30(24)4)18-6-9-20(28)10-7-18;1-16(2)23-12-11-22-21-10-5-17(3)25(26(21)31-27(22)29-23)24-15-19(13-14-30(24)4)18-6-8-20(28)9-7-18;1-16(2)23-14-13-22-21-12-7-17(3)24(26(21)31-27(22)29-23)25-20(6-5-15-30(25)4)18-8-10-19(28)11-9-18;1-16(2)23-12-11-22-21-10-8-17(3)25(26(21)31-27(22)29-23)24-13-9-19(15-30(24)4)18-6-5-7-20(28)14-18/h4*5-16H,1-4H3/q4*+1. The Labute approximate surface area is 717 Å². The van der Waals surface area contributed by atoms with E-state index < -0.39 is 0 Å². The number of furan rings is 4. The highest BCUT2D eigenvalue weighted by atomic mass is 19.1. The molecule has 0 radical (unpaired) electrons. The topological polar surface area (TPSA) is 120 Å². The quantitative estimate of drug-likeness (QED) is 0.0876. The lowest BCUT2D eigenvalue weighted by Gasteiger charge is -2.10. The summed E-state index contributed by atoms with van der Waals surface area (Å²) in [7, 11) is 8.09. The monoisotopic (exact) mass is 1640 g/mol. The van der Waals surface area contributed by atoms with E-state index in [1.807, 2.05) is 83.2 Å². The van der Waals surface area contributed by atoms with E-state index in [1.54, 1.807) is 36.4 Å². The third kappa shape index (κ3) is 15.8. The number of benzene rings is 8. The Hall–Kier alpha value is -14.1. The van der Waals surface area contributed by atoms with Crippen LogP contribution in [-0.2, 0) is 28.2 Å². The number of halogens is 4. The van der Waals surface area contributed by atoms with Crippen LogP contribution in [0.1, 0.15) is 124 Å². The summed E-state index contributed by atoms with van der Waals surface area (Å²) in [4.78, 5) is 19.0. The number of aryl methyl sites for hydroxylation is 8. The van der Waals surface area contributed by atoms with Crippen LogP contribution in [0.4, 0.5) is 17.6 Å². The van der Waals surface area contributed by atoms with Crippen molar-refractivity contribution < 1.29 is 53.5 Å². The van der Waals surface area contributed by atoms with Crippen LogP contribution in [-0.4, -0.2) is 19.9 Å². The van der Waals surface area contributed by atoms with Gasteiger partial charge in [0.05, 0.1) is 27.8 Å². The average Bonchev–Trinajstić information content (AvgIpc) is 1.56. The van der Waals surface area contributed by atoms with E-state index in [4.69, 9.17) is 37.6 Å². The van der Waals surface area contributed by atoms with Crippen LogP contribution >= 0.6 is 0 Å². The summed E-state index contributed by atoms with van der Waals surface area (Å²) >= 11 is 0. The zero-order valence-corrected chi connectivity index (χ0v) is 72.4. The molecule has 12 aromatic heterocycles. The fraction of sp³-hybridized carbons (Fsp3) is 0.185. The van der Waals surface area contributed by atoms with Crippen LogP contribution in [0.3, 0.4) is 0 Å². The van der Waals surface area contributed by atoms with Crippen LogP contribution in [0.5, 0.6) is 0 Å². The van der Waals surface area contributed by atoms with Gasteiger partial charge in [-0.3, -0.25) is 0 Å². The minimum Gasteiger partial charge on any atom is -0.437 e. The third-order valence-corrected chi connectivity index (χ3v) is 23.6. The SMILES string of the molecule is Cc1ccc2c(oc3nc(C(C)C)ccc32)c1-c1c(-c2ccc(F)cc2)ccc[n+]1C.Cc1ccc2c(oc3nc(C(C)C)ccc32)c1-c1cc(-c2ccc(F)cc2)cc[n+]1C.Cc1ccc2c(oc3nc(C(C)C)ccc32)c1-c1ccc(-c2ccc(F)cc2)c[n+]1C.Cc1ccc2c(oc3nc(C(C)C)ccc32)c1-c1ccc(-c2cccc(F)c2)c[n+]1C. The molecule has 124 heavy (non-hydrogen) atoms. The molecule has 12 heterocycles. The van der Waals surface area contributed by atoms with Crippen molar-refractivity contribution in [3.05, 3.63) is 336 Å². The lowest BCUT2D eigenvalue weighted by atomic mass is 9.94. The highest BCUT2D eigenvalue weighted by Gasteiger charge is 2.29. The summed E-state index contributed by atoms with van der Waals surface area (Å²) in [6.07, 6.45) is 8.15. The van der Waals surface area contributed by atoms with Crippen LogP contribution in [0.2, 0.25) is 0 Å². The maximum atomic E-state index is 13.7. The normalized spacial score (nSPS) is 11.7.